The van der Waals surface area contributed by atoms with E-state index in [0.717, 1.165) is 35.2 Å². The standard InChI is InChI=1S/C18H23Cl2NO2/c1-4-5-6-7-8-14-22-16-12-9-11(19)10-13(20)15(12)21-17(16)18(2,3)23-14/h9-10,14,21H,4-8H2,1-3H3. The van der Waals surface area contributed by atoms with Crippen molar-refractivity contribution >= 4 is 34.1 Å². The molecule has 0 spiro atoms. The van der Waals surface area contributed by atoms with Gasteiger partial charge in [-0.25, -0.2) is 0 Å². The molecule has 2 heterocycles. The van der Waals surface area contributed by atoms with Gasteiger partial charge in [-0.05, 0) is 32.4 Å². The van der Waals surface area contributed by atoms with E-state index in [2.05, 4.69) is 25.8 Å². The highest BCUT2D eigenvalue weighted by Crippen LogP contribution is 2.46. The van der Waals surface area contributed by atoms with Crippen molar-refractivity contribution in [3.05, 3.63) is 27.9 Å². The van der Waals surface area contributed by atoms with Crippen LogP contribution in [0.15, 0.2) is 12.1 Å². The lowest BCUT2D eigenvalue weighted by Crippen LogP contribution is -2.37. The van der Waals surface area contributed by atoms with Gasteiger partial charge in [0.05, 0.1) is 16.2 Å². The molecule has 3 rings (SSSR count). The van der Waals surface area contributed by atoms with Crippen LogP contribution in [0.1, 0.15) is 58.6 Å². The Morgan fingerprint density at radius 1 is 1.17 bits per heavy atom. The van der Waals surface area contributed by atoms with Crippen LogP contribution in [0.2, 0.25) is 10.0 Å². The lowest BCUT2D eigenvalue weighted by atomic mass is 10.0. The summed E-state index contributed by atoms with van der Waals surface area (Å²) in [5.41, 5.74) is 1.32. The average molecular weight is 356 g/mol. The third-order valence-corrected chi connectivity index (χ3v) is 4.86. The monoisotopic (exact) mass is 355 g/mol. The van der Waals surface area contributed by atoms with Crippen LogP contribution < -0.4 is 4.74 Å². The molecule has 1 aliphatic heterocycles. The molecule has 1 atom stereocenters. The Morgan fingerprint density at radius 3 is 2.70 bits per heavy atom. The fraction of sp³-hybridized carbons (Fsp3) is 0.556. The highest BCUT2D eigenvalue weighted by Gasteiger charge is 2.38. The largest absolute Gasteiger partial charge is 0.462 e. The molecule has 23 heavy (non-hydrogen) atoms. The molecule has 5 heteroatoms. The number of ether oxygens (including phenoxy) is 2. The van der Waals surface area contributed by atoms with E-state index in [1.807, 2.05) is 6.07 Å². The Bertz CT molecular complexity index is 709. The van der Waals surface area contributed by atoms with Gasteiger partial charge in [-0.1, -0.05) is 49.4 Å². The first-order chi connectivity index (χ1) is 10.9. The van der Waals surface area contributed by atoms with E-state index >= 15 is 0 Å². The number of halogens is 2. The maximum absolute atomic E-state index is 6.32. The van der Waals surface area contributed by atoms with Gasteiger partial charge in [0.1, 0.15) is 5.60 Å². The van der Waals surface area contributed by atoms with Crippen LogP contribution in [0.4, 0.5) is 0 Å². The average Bonchev–Trinajstić information content (AvgIpc) is 2.83. The summed E-state index contributed by atoms with van der Waals surface area (Å²) < 4.78 is 12.3. The van der Waals surface area contributed by atoms with E-state index in [4.69, 9.17) is 32.7 Å². The summed E-state index contributed by atoms with van der Waals surface area (Å²) in [4.78, 5) is 3.36. The van der Waals surface area contributed by atoms with Crippen molar-refractivity contribution in [3.63, 3.8) is 0 Å². The second kappa shape index (κ2) is 6.54. The minimum Gasteiger partial charge on any atom is -0.462 e. The molecule has 2 aromatic rings. The number of H-pyrrole nitrogens is 1. The SMILES string of the molecule is CCCCCCC1Oc2c([nH]c3c(Cl)cc(Cl)cc23)C(C)(C)O1. The summed E-state index contributed by atoms with van der Waals surface area (Å²) in [5, 5.41) is 2.13. The van der Waals surface area contributed by atoms with Crippen LogP contribution in [-0.4, -0.2) is 11.3 Å². The predicted octanol–water partition coefficient (Wildman–Crippen LogP) is 6.42. The summed E-state index contributed by atoms with van der Waals surface area (Å²) in [7, 11) is 0. The van der Waals surface area contributed by atoms with Gasteiger partial charge in [0.2, 0.25) is 6.29 Å². The molecule has 0 amide bonds. The molecule has 0 aliphatic carbocycles. The Kier molecular flexibility index (Phi) is 4.82. The van der Waals surface area contributed by atoms with Crippen molar-refractivity contribution in [2.45, 2.75) is 64.8 Å². The second-order valence-corrected chi connectivity index (χ2v) is 7.51. The third kappa shape index (κ3) is 3.33. The molecule has 3 nitrogen and oxygen atoms in total. The van der Waals surface area contributed by atoms with Crippen LogP contribution >= 0.6 is 23.2 Å². The van der Waals surface area contributed by atoms with Crippen molar-refractivity contribution in [2.75, 3.05) is 0 Å². The van der Waals surface area contributed by atoms with Crippen LogP contribution in [0.25, 0.3) is 10.9 Å². The quantitative estimate of drug-likeness (QED) is 0.628. The number of aromatic amines is 1. The molecule has 0 radical (unpaired) electrons. The maximum atomic E-state index is 6.32. The Hall–Kier alpha value is -0.900. The number of hydrogen-bond acceptors (Lipinski definition) is 2. The molecular formula is C18H23Cl2NO2. The first-order valence-electron chi connectivity index (χ1n) is 8.28. The van der Waals surface area contributed by atoms with Crippen LogP contribution in [0, 0.1) is 0 Å². The van der Waals surface area contributed by atoms with Gasteiger partial charge in [-0.3, -0.25) is 0 Å². The lowest BCUT2D eigenvalue weighted by molar-refractivity contribution is -0.186. The topological polar surface area (TPSA) is 34.2 Å². The smallest absolute Gasteiger partial charge is 0.201 e. The van der Waals surface area contributed by atoms with Crippen molar-refractivity contribution in [1.82, 2.24) is 4.98 Å². The fourth-order valence-electron chi connectivity index (χ4n) is 3.14. The predicted molar refractivity (Wildman–Crippen MR) is 95.6 cm³/mol. The summed E-state index contributed by atoms with van der Waals surface area (Å²) in [6.45, 7) is 6.32. The van der Waals surface area contributed by atoms with Gasteiger partial charge in [0.25, 0.3) is 0 Å². The van der Waals surface area contributed by atoms with Gasteiger partial charge in [0, 0.05) is 16.8 Å². The third-order valence-electron chi connectivity index (χ3n) is 4.35. The number of nitrogens with one attached hydrogen (secondary N) is 1. The van der Waals surface area contributed by atoms with E-state index in [1.54, 1.807) is 6.07 Å². The van der Waals surface area contributed by atoms with Gasteiger partial charge in [0.15, 0.2) is 5.75 Å². The number of hydrogen-bond donors (Lipinski definition) is 1. The van der Waals surface area contributed by atoms with Gasteiger partial charge in [-0.15, -0.1) is 0 Å². The second-order valence-electron chi connectivity index (χ2n) is 6.66. The maximum Gasteiger partial charge on any atom is 0.201 e. The van der Waals surface area contributed by atoms with Crippen LogP contribution in [-0.2, 0) is 10.3 Å². The molecule has 0 saturated carbocycles. The Morgan fingerprint density at radius 2 is 1.96 bits per heavy atom. The fourth-order valence-corrected chi connectivity index (χ4v) is 3.68. The zero-order chi connectivity index (χ0) is 16.6. The van der Waals surface area contributed by atoms with E-state index in [0.29, 0.717) is 10.0 Å². The normalized spacial score (nSPS) is 19.6. The number of aromatic nitrogens is 1. The molecular weight excluding hydrogens is 333 g/mol. The minimum atomic E-state index is -0.447. The first-order valence-corrected chi connectivity index (χ1v) is 9.03. The molecule has 0 bridgehead atoms. The number of rotatable bonds is 5. The number of unbranched alkanes of at least 4 members (excludes halogenated alkanes) is 3. The van der Waals surface area contributed by atoms with Gasteiger partial charge < -0.3 is 14.5 Å². The summed E-state index contributed by atoms with van der Waals surface area (Å²) in [6.07, 6.45) is 5.45. The van der Waals surface area contributed by atoms with Gasteiger partial charge in [-0.2, -0.15) is 0 Å². The van der Waals surface area contributed by atoms with Crippen molar-refractivity contribution < 1.29 is 9.47 Å². The number of fused-ring (bicyclic) bond motifs is 3. The molecule has 0 fully saturated rings. The van der Waals surface area contributed by atoms with Crippen molar-refractivity contribution in [3.8, 4) is 5.75 Å². The molecule has 0 saturated heterocycles. The Balaban J connectivity index is 1.92. The van der Waals surface area contributed by atoms with E-state index in [1.165, 1.54) is 19.3 Å². The zero-order valence-electron chi connectivity index (χ0n) is 13.8. The molecule has 1 unspecified atom stereocenters. The van der Waals surface area contributed by atoms with Crippen molar-refractivity contribution in [2.24, 2.45) is 0 Å². The number of benzene rings is 1. The summed E-state index contributed by atoms with van der Waals surface area (Å²) in [6, 6.07) is 3.64. The van der Waals surface area contributed by atoms with E-state index < -0.39 is 5.60 Å². The van der Waals surface area contributed by atoms with E-state index in [9.17, 15) is 0 Å². The first kappa shape index (κ1) is 16.9. The minimum absolute atomic E-state index is 0.230. The molecule has 1 aromatic carbocycles. The van der Waals surface area contributed by atoms with Crippen LogP contribution in [0.3, 0.4) is 0 Å². The summed E-state index contributed by atoms with van der Waals surface area (Å²) in [5.74, 6) is 0.821. The zero-order valence-corrected chi connectivity index (χ0v) is 15.4. The highest BCUT2D eigenvalue weighted by molar-refractivity contribution is 6.38. The van der Waals surface area contributed by atoms with E-state index in [-0.39, 0.29) is 6.29 Å². The summed E-state index contributed by atoms with van der Waals surface area (Å²) >= 11 is 12.5. The van der Waals surface area contributed by atoms with Gasteiger partial charge >= 0.3 is 0 Å². The van der Waals surface area contributed by atoms with Crippen molar-refractivity contribution in [1.29, 1.82) is 0 Å². The lowest BCUT2D eigenvalue weighted by Gasteiger charge is -2.36. The molecule has 1 aromatic heterocycles. The van der Waals surface area contributed by atoms with Crippen LogP contribution in [0.5, 0.6) is 5.75 Å². The molecule has 1 N–H and O–H groups in total. The Labute approximate surface area is 147 Å². The highest BCUT2D eigenvalue weighted by atomic mass is 35.5. The molecule has 1 aliphatic rings. The molecule has 126 valence electrons.